The summed E-state index contributed by atoms with van der Waals surface area (Å²) in [6.07, 6.45) is 4.54. The highest BCUT2D eigenvalue weighted by Gasteiger charge is 2.20. The van der Waals surface area contributed by atoms with Crippen LogP contribution in [0.3, 0.4) is 0 Å². The van der Waals surface area contributed by atoms with Crippen molar-refractivity contribution in [3.63, 3.8) is 0 Å². The molecule has 6 aromatic rings. The second-order valence-corrected chi connectivity index (χ2v) is 12.9. The van der Waals surface area contributed by atoms with Gasteiger partial charge in [-0.15, -0.1) is 0 Å². The van der Waals surface area contributed by atoms with Gasteiger partial charge in [-0.1, -0.05) is 20.8 Å². The van der Waals surface area contributed by atoms with Gasteiger partial charge in [-0.25, -0.2) is 18.7 Å². The lowest BCUT2D eigenvalue weighted by atomic mass is 9.91. The number of H-pyrrole nitrogens is 2. The minimum atomic E-state index is -0.783. The molecule has 5 N–H and O–H groups in total. The summed E-state index contributed by atoms with van der Waals surface area (Å²) >= 11 is 0. The van der Waals surface area contributed by atoms with Crippen molar-refractivity contribution >= 4 is 33.4 Å². The molecule has 12 heteroatoms. The molecule has 238 valence electrons. The maximum atomic E-state index is 15.4. The number of rotatable bonds is 10. The monoisotopic (exact) mass is 625 g/mol. The first kappa shape index (κ1) is 31.1. The Morgan fingerprint density at radius 2 is 1.78 bits per heavy atom. The topological polar surface area (TPSA) is 131 Å². The van der Waals surface area contributed by atoms with Gasteiger partial charge in [0.05, 0.1) is 22.9 Å². The van der Waals surface area contributed by atoms with Gasteiger partial charge in [0.2, 0.25) is 0 Å². The van der Waals surface area contributed by atoms with Crippen LogP contribution in [0.15, 0.2) is 61.1 Å². The first-order valence-corrected chi connectivity index (χ1v) is 15.1. The summed E-state index contributed by atoms with van der Waals surface area (Å²) in [6.45, 7) is 7.60. The Labute approximate surface area is 265 Å². The Hall–Kier alpha value is -4.94. The number of aliphatic hydroxyl groups excluding tert-OH is 1. The fourth-order valence-corrected chi connectivity index (χ4v) is 5.46. The van der Waals surface area contributed by atoms with Gasteiger partial charge in [0.1, 0.15) is 23.6 Å². The third kappa shape index (κ3) is 6.82. The van der Waals surface area contributed by atoms with Gasteiger partial charge in [-0.2, -0.15) is 5.10 Å². The minimum Gasteiger partial charge on any atom is -0.384 e. The third-order valence-corrected chi connectivity index (χ3v) is 7.55. The standard InChI is InChI=1S/C34H37F2N9O/c1-34(2,3)16-29(46)40-23-12-20(17-37-18-23)25-14-26-28(15-27(25)36)43-44-31(26)33-41-30-24(6-7-39-32(30)42-33)19-10-21(35)13-22(11-19)38-8-9-45(4)5/h6-7,10-15,17-18,29,38,40,46H,8-9,16H2,1-5H3,(H,43,44)(H,39,41,42). The maximum absolute atomic E-state index is 15.4. The number of nitrogens with one attached hydrogen (secondary N) is 4. The number of hydrogen-bond donors (Lipinski definition) is 5. The third-order valence-electron chi connectivity index (χ3n) is 7.55. The lowest BCUT2D eigenvalue weighted by molar-refractivity contribution is 0.145. The van der Waals surface area contributed by atoms with E-state index in [9.17, 15) is 9.50 Å². The predicted octanol–water partition coefficient (Wildman–Crippen LogP) is 6.65. The highest BCUT2D eigenvalue weighted by atomic mass is 19.1. The molecule has 4 aromatic heterocycles. The van der Waals surface area contributed by atoms with Crippen LogP contribution in [0.25, 0.3) is 55.8 Å². The molecule has 0 amide bonds. The van der Waals surface area contributed by atoms with Crippen LogP contribution in [0.4, 0.5) is 20.2 Å². The van der Waals surface area contributed by atoms with Crippen molar-refractivity contribution in [1.82, 2.24) is 35.0 Å². The van der Waals surface area contributed by atoms with E-state index >= 15 is 4.39 Å². The number of fused-ring (bicyclic) bond motifs is 2. The minimum absolute atomic E-state index is 0.0809. The fourth-order valence-electron chi connectivity index (χ4n) is 5.46. The first-order chi connectivity index (χ1) is 21.9. The van der Waals surface area contributed by atoms with E-state index in [-0.39, 0.29) is 11.2 Å². The van der Waals surface area contributed by atoms with Crippen LogP contribution in [0, 0.1) is 17.0 Å². The summed E-state index contributed by atoms with van der Waals surface area (Å²) < 4.78 is 30.1. The molecule has 0 saturated carbocycles. The molecule has 46 heavy (non-hydrogen) atoms. The number of likely N-dealkylation sites (N-methyl/N-ethyl adjacent to an activating group) is 1. The van der Waals surface area contributed by atoms with E-state index < -0.39 is 12.0 Å². The molecular weight excluding hydrogens is 588 g/mol. The highest BCUT2D eigenvalue weighted by Crippen LogP contribution is 2.35. The second-order valence-electron chi connectivity index (χ2n) is 12.9. The van der Waals surface area contributed by atoms with Gasteiger partial charge in [0.15, 0.2) is 11.5 Å². The van der Waals surface area contributed by atoms with Gasteiger partial charge in [0, 0.05) is 59.3 Å². The molecule has 0 aliphatic rings. The number of hydrogen-bond acceptors (Lipinski definition) is 8. The number of aromatic amines is 2. The molecule has 6 rings (SSSR count). The Morgan fingerprint density at radius 3 is 2.57 bits per heavy atom. The van der Waals surface area contributed by atoms with Crippen molar-refractivity contribution in [1.29, 1.82) is 0 Å². The van der Waals surface area contributed by atoms with Crippen molar-refractivity contribution in [3.8, 4) is 33.8 Å². The number of aromatic nitrogens is 6. The molecule has 0 spiro atoms. The molecule has 4 heterocycles. The summed E-state index contributed by atoms with van der Waals surface area (Å²) in [5.41, 5.74) is 5.45. The average Bonchev–Trinajstić information content (AvgIpc) is 3.59. The molecule has 0 fully saturated rings. The Balaban J connectivity index is 1.35. The normalized spacial score (nSPS) is 12.7. The quantitative estimate of drug-likeness (QED) is 0.107. The summed E-state index contributed by atoms with van der Waals surface area (Å²) in [7, 11) is 3.96. The van der Waals surface area contributed by atoms with Crippen molar-refractivity contribution < 1.29 is 13.9 Å². The molecule has 0 aliphatic carbocycles. The number of halogens is 2. The van der Waals surface area contributed by atoms with Gasteiger partial charge < -0.3 is 25.6 Å². The Kier molecular flexibility index (Phi) is 8.41. The zero-order valence-corrected chi connectivity index (χ0v) is 26.4. The fraction of sp³-hybridized carbons (Fsp3) is 0.294. The number of imidazole rings is 1. The lowest BCUT2D eigenvalue weighted by Gasteiger charge is -2.23. The molecule has 2 aromatic carbocycles. The van der Waals surface area contributed by atoms with E-state index in [1.54, 1.807) is 30.7 Å². The van der Waals surface area contributed by atoms with Crippen LogP contribution in [0.5, 0.6) is 0 Å². The van der Waals surface area contributed by atoms with Crippen LogP contribution in [0.1, 0.15) is 27.2 Å². The maximum Gasteiger partial charge on any atom is 0.178 e. The van der Waals surface area contributed by atoms with Crippen molar-refractivity contribution in [3.05, 3.63) is 72.7 Å². The van der Waals surface area contributed by atoms with E-state index in [1.165, 1.54) is 18.2 Å². The summed E-state index contributed by atoms with van der Waals surface area (Å²) in [5, 5.41) is 24.8. The van der Waals surface area contributed by atoms with Crippen molar-refractivity contribution in [2.75, 3.05) is 37.8 Å². The summed E-state index contributed by atoms with van der Waals surface area (Å²) in [4.78, 5) is 18.8. The van der Waals surface area contributed by atoms with Crippen LogP contribution >= 0.6 is 0 Å². The molecule has 10 nitrogen and oxygen atoms in total. The zero-order chi connectivity index (χ0) is 32.6. The molecule has 0 bridgehead atoms. The lowest BCUT2D eigenvalue weighted by Crippen LogP contribution is -2.25. The zero-order valence-electron chi connectivity index (χ0n) is 26.4. The van der Waals surface area contributed by atoms with Gasteiger partial charge in [-0.05, 0) is 67.9 Å². The van der Waals surface area contributed by atoms with Gasteiger partial charge in [0.25, 0.3) is 0 Å². The highest BCUT2D eigenvalue weighted by molar-refractivity contribution is 5.97. The van der Waals surface area contributed by atoms with Crippen molar-refractivity contribution in [2.45, 2.75) is 33.4 Å². The molecule has 0 aliphatic heterocycles. The van der Waals surface area contributed by atoms with Crippen LogP contribution in [-0.2, 0) is 0 Å². The van der Waals surface area contributed by atoms with Crippen LogP contribution in [-0.4, -0.2) is 73.6 Å². The number of benzene rings is 2. The predicted molar refractivity (Wildman–Crippen MR) is 178 cm³/mol. The second kappa shape index (κ2) is 12.5. The van der Waals surface area contributed by atoms with Crippen molar-refractivity contribution in [2.24, 2.45) is 5.41 Å². The van der Waals surface area contributed by atoms with E-state index in [4.69, 9.17) is 4.98 Å². The first-order valence-electron chi connectivity index (χ1n) is 15.1. The Bertz CT molecular complexity index is 2010. The van der Waals surface area contributed by atoms with E-state index in [1.807, 2.05) is 51.9 Å². The molecule has 1 atom stereocenters. The molecule has 0 radical (unpaired) electrons. The number of pyridine rings is 2. The largest absolute Gasteiger partial charge is 0.384 e. The number of aliphatic hydroxyl groups is 1. The summed E-state index contributed by atoms with van der Waals surface area (Å²) in [5.74, 6) is -0.384. The van der Waals surface area contributed by atoms with E-state index in [0.717, 1.165) is 12.1 Å². The number of nitrogens with zero attached hydrogens (tertiary/aromatic N) is 5. The SMILES string of the molecule is CN(C)CCNc1cc(F)cc(-c2ccnc3nc(-c4n[nH]c5cc(F)c(-c6cncc(NC(O)CC(C)(C)C)c6)cc45)[nH]c23)c1. The smallest absolute Gasteiger partial charge is 0.178 e. The van der Waals surface area contributed by atoms with Gasteiger partial charge in [-0.3, -0.25) is 10.1 Å². The van der Waals surface area contributed by atoms with E-state index in [0.29, 0.717) is 74.6 Å². The van der Waals surface area contributed by atoms with Crippen LogP contribution < -0.4 is 10.6 Å². The van der Waals surface area contributed by atoms with Gasteiger partial charge >= 0.3 is 0 Å². The number of anilines is 2. The Morgan fingerprint density at radius 1 is 0.978 bits per heavy atom. The average molecular weight is 626 g/mol. The molecule has 1 unspecified atom stereocenters. The molecule has 0 saturated heterocycles. The van der Waals surface area contributed by atoms with Crippen LogP contribution in [0.2, 0.25) is 0 Å². The summed E-state index contributed by atoms with van der Waals surface area (Å²) in [6, 6.07) is 11.5. The van der Waals surface area contributed by atoms with E-state index in [2.05, 4.69) is 35.8 Å². The molecular formula is C34H37F2N9O.